The van der Waals surface area contributed by atoms with E-state index in [0.717, 1.165) is 30.6 Å². The van der Waals surface area contributed by atoms with Crippen LogP contribution in [0.15, 0.2) is 97.1 Å². The van der Waals surface area contributed by atoms with Gasteiger partial charge in [-0.2, -0.15) is 0 Å². The Morgan fingerprint density at radius 2 is 0.841 bits per heavy atom. The molecule has 0 amide bonds. The molecular weight excluding hydrogens is 528 g/mol. The lowest BCUT2D eigenvalue weighted by Crippen LogP contribution is -2.15. The van der Waals surface area contributed by atoms with Gasteiger partial charge in [-0.3, -0.25) is 0 Å². The molecule has 232 valence electrons. The quantitative estimate of drug-likeness (QED) is 0.123. The van der Waals surface area contributed by atoms with E-state index in [2.05, 4.69) is 132 Å². The van der Waals surface area contributed by atoms with Crippen LogP contribution in [0, 0.1) is 24.7 Å². The zero-order chi connectivity index (χ0) is 30.9. The lowest BCUT2D eigenvalue weighted by Gasteiger charge is -2.30. The van der Waals surface area contributed by atoms with E-state index in [1.165, 1.54) is 95.9 Å². The van der Waals surface area contributed by atoms with Gasteiger partial charge in [0, 0.05) is 11.8 Å². The summed E-state index contributed by atoms with van der Waals surface area (Å²) in [6, 6.07) is 38.3. The van der Waals surface area contributed by atoms with Crippen molar-refractivity contribution in [2.45, 2.75) is 111 Å². The summed E-state index contributed by atoms with van der Waals surface area (Å²) in [6.07, 6.45) is 12.8. The average Bonchev–Trinajstić information content (AvgIpc) is 3.90. The second kappa shape index (κ2) is 15.7. The Morgan fingerprint density at radius 1 is 0.500 bits per heavy atom. The highest BCUT2D eigenvalue weighted by Gasteiger charge is 2.29. The first kappa shape index (κ1) is 32.3. The zero-order valence-electron chi connectivity index (χ0n) is 28.2. The number of rotatable bonds is 16. The van der Waals surface area contributed by atoms with Gasteiger partial charge in [0.1, 0.15) is 0 Å². The number of hydrogen-bond donors (Lipinski definition) is 0. The molecule has 0 heteroatoms. The van der Waals surface area contributed by atoms with Crippen molar-refractivity contribution in [2.24, 2.45) is 17.8 Å². The summed E-state index contributed by atoms with van der Waals surface area (Å²) in [4.78, 5) is 0. The Labute approximate surface area is 269 Å². The lowest BCUT2D eigenvalue weighted by atomic mass is 9.73. The molecule has 4 aromatic carbocycles. The number of benzene rings is 4. The Kier molecular flexibility index (Phi) is 11.5. The lowest BCUT2D eigenvalue weighted by molar-refractivity contribution is 0.516. The summed E-state index contributed by atoms with van der Waals surface area (Å²) < 4.78 is 0. The fraction of sp³-hybridized carbons (Fsp3) is 0.455. The molecular formula is C44H56. The summed E-state index contributed by atoms with van der Waals surface area (Å²) in [5.74, 6) is 3.01. The van der Waals surface area contributed by atoms with E-state index in [9.17, 15) is 0 Å². The van der Waals surface area contributed by atoms with Crippen LogP contribution in [-0.2, 0) is 19.3 Å². The Morgan fingerprint density at radius 3 is 1.18 bits per heavy atom. The Bertz CT molecular complexity index is 1330. The third kappa shape index (κ3) is 8.97. The number of aryl methyl sites for hydroxylation is 4. The highest BCUT2D eigenvalue weighted by Crippen LogP contribution is 2.43. The van der Waals surface area contributed by atoms with Crippen molar-refractivity contribution in [1.82, 2.24) is 0 Å². The van der Waals surface area contributed by atoms with E-state index in [-0.39, 0.29) is 11.8 Å². The Hall–Kier alpha value is -3.12. The molecule has 1 aliphatic rings. The molecule has 0 heterocycles. The molecule has 0 spiro atoms. The first-order valence-electron chi connectivity index (χ1n) is 17.8. The van der Waals surface area contributed by atoms with Crippen molar-refractivity contribution in [3.63, 3.8) is 0 Å². The summed E-state index contributed by atoms with van der Waals surface area (Å²) >= 11 is 0. The zero-order valence-corrected chi connectivity index (χ0v) is 28.2. The molecule has 3 unspecified atom stereocenters. The van der Waals surface area contributed by atoms with E-state index < -0.39 is 0 Å². The summed E-state index contributed by atoms with van der Waals surface area (Å²) in [5, 5.41) is 0. The fourth-order valence-electron chi connectivity index (χ4n) is 6.62. The molecule has 1 aliphatic carbocycles. The maximum Gasteiger partial charge on any atom is 0.0199 e. The maximum absolute atomic E-state index is 2.43. The highest BCUT2D eigenvalue weighted by molar-refractivity contribution is 5.46. The molecule has 3 atom stereocenters. The van der Waals surface area contributed by atoms with Crippen molar-refractivity contribution >= 4 is 0 Å². The molecule has 1 fully saturated rings. The molecule has 0 N–H and O–H groups in total. The van der Waals surface area contributed by atoms with Crippen LogP contribution in [-0.4, -0.2) is 0 Å². The van der Waals surface area contributed by atoms with Crippen LogP contribution in [0.25, 0.3) is 0 Å². The molecule has 0 aliphatic heterocycles. The standard InChI is InChI=1S/C44H56/c1-6-32(3)8-12-35-18-26-41(27-19-35)44(42-28-20-36(21-29-42)13-9-33(4)7-2)43(39-24-10-34(5)11-25-39)40-30-22-38(23-31-40)17-16-37-14-15-37/h10-11,18-33,37,43-44H,6-9,12-17H2,1-5H3. The van der Waals surface area contributed by atoms with Crippen LogP contribution >= 0.6 is 0 Å². The molecule has 4 aromatic rings. The first-order valence-corrected chi connectivity index (χ1v) is 17.8. The molecule has 0 aromatic heterocycles. The van der Waals surface area contributed by atoms with Crippen molar-refractivity contribution in [1.29, 1.82) is 0 Å². The van der Waals surface area contributed by atoms with Gasteiger partial charge in [-0.05, 0) is 102 Å². The second-order valence-electron chi connectivity index (χ2n) is 14.2. The van der Waals surface area contributed by atoms with Crippen molar-refractivity contribution < 1.29 is 0 Å². The third-order valence-electron chi connectivity index (χ3n) is 10.6. The molecule has 5 rings (SSSR count). The first-order chi connectivity index (χ1) is 21.4. The minimum Gasteiger partial charge on any atom is -0.0651 e. The maximum atomic E-state index is 2.43. The van der Waals surface area contributed by atoms with Gasteiger partial charge in [-0.15, -0.1) is 0 Å². The van der Waals surface area contributed by atoms with Crippen LogP contribution in [0.1, 0.15) is 129 Å². The smallest absolute Gasteiger partial charge is 0.0199 e. The largest absolute Gasteiger partial charge is 0.0651 e. The average molecular weight is 585 g/mol. The van der Waals surface area contributed by atoms with E-state index in [4.69, 9.17) is 0 Å². The van der Waals surface area contributed by atoms with Gasteiger partial charge in [0.05, 0.1) is 0 Å². The van der Waals surface area contributed by atoms with Gasteiger partial charge in [-0.1, -0.05) is 156 Å². The van der Waals surface area contributed by atoms with Gasteiger partial charge in [0.15, 0.2) is 0 Å². The van der Waals surface area contributed by atoms with Crippen LogP contribution in [0.4, 0.5) is 0 Å². The van der Waals surface area contributed by atoms with E-state index in [1.807, 2.05) is 0 Å². The second-order valence-corrected chi connectivity index (χ2v) is 14.2. The molecule has 0 nitrogen and oxygen atoms in total. The molecule has 0 bridgehead atoms. The molecule has 1 saturated carbocycles. The van der Waals surface area contributed by atoms with Gasteiger partial charge >= 0.3 is 0 Å². The molecule has 0 saturated heterocycles. The van der Waals surface area contributed by atoms with Gasteiger partial charge in [0.2, 0.25) is 0 Å². The summed E-state index contributed by atoms with van der Waals surface area (Å²) in [5.41, 5.74) is 11.3. The van der Waals surface area contributed by atoms with Crippen molar-refractivity contribution in [3.05, 3.63) is 142 Å². The van der Waals surface area contributed by atoms with Crippen LogP contribution in [0.3, 0.4) is 0 Å². The van der Waals surface area contributed by atoms with E-state index in [0.29, 0.717) is 0 Å². The number of hydrogen-bond acceptors (Lipinski definition) is 0. The fourth-order valence-corrected chi connectivity index (χ4v) is 6.62. The van der Waals surface area contributed by atoms with Gasteiger partial charge < -0.3 is 0 Å². The molecule has 44 heavy (non-hydrogen) atoms. The van der Waals surface area contributed by atoms with Crippen molar-refractivity contribution in [3.8, 4) is 0 Å². The Balaban J connectivity index is 1.52. The predicted octanol–water partition coefficient (Wildman–Crippen LogP) is 12.3. The SMILES string of the molecule is CCC(C)CCc1ccc(C(c2ccc(CCC(C)CC)cc2)C(c2ccc(C)cc2)c2ccc(CCC3CC3)cc2)cc1. The van der Waals surface area contributed by atoms with Gasteiger partial charge in [-0.25, -0.2) is 0 Å². The topological polar surface area (TPSA) is 0 Å². The van der Waals surface area contributed by atoms with E-state index in [1.54, 1.807) is 0 Å². The highest BCUT2D eigenvalue weighted by atomic mass is 14.3. The minimum absolute atomic E-state index is 0.238. The summed E-state index contributed by atoms with van der Waals surface area (Å²) in [7, 11) is 0. The summed E-state index contributed by atoms with van der Waals surface area (Å²) in [6.45, 7) is 11.6. The minimum atomic E-state index is 0.238. The van der Waals surface area contributed by atoms with Crippen LogP contribution in [0.2, 0.25) is 0 Å². The third-order valence-corrected chi connectivity index (χ3v) is 10.6. The van der Waals surface area contributed by atoms with Crippen molar-refractivity contribution in [2.75, 3.05) is 0 Å². The van der Waals surface area contributed by atoms with Crippen LogP contribution < -0.4 is 0 Å². The van der Waals surface area contributed by atoms with E-state index >= 15 is 0 Å². The monoisotopic (exact) mass is 584 g/mol. The normalized spacial score (nSPS) is 15.9. The van der Waals surface area contributed by atoms with Crippen LogP contribution in [0.5, 0.6) is 0 Å². The predicted molar refractivity (Wildman–Crippen MR) is 191 cm³/mol. The van der Waals surface area contributed by atoms with Gasteiger partial charge in [0.25, 0.3) is 0 Å². The molecule has 0 radical (unpaired) electrons.